The topological polar surface area (TPSA) is 79.4 Å². The second-order valence-corrected chi connectivity index (χ2v) is 11.2. The van der Waals surface area contributed by atoms with Crippen molar-refractivity contribution in [1.82, 2.24) is 9.88 Å². The number of aryl methyl sites for hydroxylation is 1. The molecule has 0 unspecified atom stereocenters. The van der Waals surface area contributed by atoms with E-state index in [1.165, 1.54) is 6.07 Å². The fraction of sp³-hybridized carbons (Fsp3) is 0.478. The molecule has 1 amide bonds. The van der Waals surface area contributed by atoms with Crippen LogP contribution in [0.25, 0.3) is 0 Å². The number of rotatable bonds is 3. The average Bonchev–Trinajstić information content (AvgIpc) is 2.77. The van der Waals surface area contributed by atoms with Gasteiger partial charge in [0.05, 0.1) is 17.1 Å². The largest absolute Gasteiger partial charge is 0.340 e. The number of nitrogens with one attached hydrogen (secondary N) is 1. The number of anilines is 2. The smallest absolute Gasteiger partial charge is 0.255 e. The number of carbonyl (C=O) groups excluding carboxylic acids is 1. The van der Waals surface area contributed by atoms with Crippen molar-refractivity contribution in [3.8, 4) is 0 Å². The lowest BCUT2D eigenvalue weighted by Crippen LogP contribution is -2.44. The number of nitrogens with zero attached hydrogens (tertiary/aromatic N) is 2. The van der Waals surface area contributed by atoms with Crippen LogP contribution in [0.15, 0.2) is 24.4 Å². The van der Waals surface area contributed by atoms with E-state index in [1.807, 2.05) is 0 Å². The zero-order valence-electron chi connectivity index (χ0n) is 17.9. The summed E-state index contributed by atoms with van der Waals surface area (Å²) in [6, 6.07) is 4.90. The van der Waals surface area contributed by atoms with Crippen molar-refractivity contribution in [2.75, 3.05) is 29.9 Å². The molecule has 1 aliphatic heterocycles. The summed E-state index contributed by atoms with van der Waals surface area (Å²) in [6.07, 6.45) is 5.92. The number of hydrogen-bond acceptors (Lipinski definition) is 5. The number of carbonyl (C=O) groups is 1. The van der Waals surface area contributed by atoms with E-state index in [0.717, 1.165) is 48.3 Å². The third-order valence-electron chi connectivity index (χ3n) is 6.98. The van der Waals surface area contributed by atoms with E-state index in [2.05, 4.69) is 10.3 Å². The van der Waals surface area contributed by atoms with E-state index in [4.69, 9.17) is 0 Å². The van der Waals surface area contributed by atoms with Gasteiger partial charge in [-0.25, -0.2) is 17.8 Å². The molecule has 4 aliphatic rings. The minimum atomic E-state index is -3.05. The second kappa shape index (κ2) is 8.63. The Morgan fingerprint density at radius 3 is 2.34 bits per heavy atom. The summed E-state index contributed by atoms with van der Waals surface area (Å²) in [5, 5.41) is 3.36. The number of benzene rings is 1. The Hall–Kier alpha value is -2.19. The zero-order chi connectivity index (χ0) is 21.8. The molecular weight excluding hydrogens is 453 g/mol. The van der Waals surface area contributed by atoms with Crippen LogP contribution in [0.1, 0.15) is 64.6 Å². The third kappa shape index (κ3) is 4.10. The molecule has 1 aromatic carbocycles. The summed E-state index contributed by atoms with van der Waals surface area (Å²) in [5.41, 5.74) is 4.14. The first-order valence-electron chi connectivity index (χ1n) is 10.9. The predicted molar refractivity (Wildman–Crippen MR) is 124 cm³/mol. The highest BCUT2D eigenvalue weighted by Gasteiger charge is 2.39. The van der Waals surface area contributed by atoms with Gasteiger partial charge in [-0.3, -0.25) is 4.79 Å². The van der Waals surface area contributed by atoms with E-state index < -0.39 is 9.84 Å². The first-order chi connectivity index (χ1) is 14.8. The standard InChI is InChI=1S/C23H26FN3O3S.ClH/c1-14-12-17(6-7-19(14)24)26-22-21-16-4-2-15(3-5-16)20(21)18(13-25-22)23(28)27-8-10-31(29,30)11-9-27;/h6-7,12-13,15-16H,2-5,8-11H2,1H3,(H,25,26);1H. The first-order valence-corrected chi connectivity index (χ1v) is 12.7. The maximum absolute atomic E-state index is 13.7. The van der Waals surface area contributed by atoms with Crippen molar-refractivity contribution in [2.24, 2.45) is 0 Å². The van der Waals surface area contributed by atoms with Crippen LogP contribution < -0.4 is 5.32 Å². The summed E-state index contributed by atoms with van der Waals surface area (Å²) in [5.74, 6) is 1.10. The summed E-state index contributed by atoms with van der Waals surface area (Å²) in [6.45, 7) is 2.20. The van der Waals surface area contributed by atoms with Gasteiger partial charge in [-0.15, -0.1) is 12.4 Å². The molecule has 172 valence electrons. The number of halogens is 2. The fourth-order valence-electron chi connectivity index (χ4n) is 5.28. The number of sulfone groups is 1. The lowest BCUT2D eigenvalue weighted by Gasteiger charge is -2.40. The predicted octanol–water partition coefficient (Wildman–Crippen LogP) is 4.32. The van der Waals surface area contributed by atoms with Gasteiger partial charge in [0.2, 0.25) is 0 Å². The number of pyridine rings is 1. The van der Waals surface area contributed by atoms with Crippen LogP contribution in [0.2, 0.25) is 0 Å². The second-order valence-electron chi connectivity index (χ2n) is 8.93. The minimum absolute atomic E-state index is 0. The van der Waals surface area contributed by atoms with Crippen LogP contribution in [-0.4, -0.2) is 48.8 Å². The lowest BCUT2D eigenvalue weighted by atomic mass is 9.66. The van der Waals surface area contributed by atoms with E-state index in [9.17, 15) is 17.6 Å². The normalized spacial score (nSPS) is 23.2. The van der Waals surface area contributed by atoms with Crippen LogP contribution in [-0.2, 0) is 9.84 Å². The summed E-state index contributed by atoms with van der Waals surface area (Å²) < 4.78 is 37.2. The van der Waals surface area contributed by atoms with Gasteiger partial charge in [0, 0.05) is 30.5 Å². The van der Waals surface area contributed by atoms with E-state index in [0.29, 0.717) is 23.0 Å². The van der Waals surface area contributed by atoms with Crippen molar-refractivity contribution in [2.45, 2.75) is 44.4 Å². The van der Waals surface area contributed by atoms with Gasteiger partial charge in [0.25, 0.3) is 5.91 Å². The van der Waals surface area contributed by atoms with Gasteiger partial charge < -0.3 is 10.2 Å². The molecule has 6 rings (SSSR count). The molecule has 0 atom stereocenters. The third-order valence-corrected chi connectivity index (χ3v) is 8.59. The number of fused-ring (bicyclic) bond motifs is 2. The van der Waals surface area contributed by atoms with Crippen molar-refractivity contribution in [3.05, 3.63) is 52.5 Å². The summed E-state index contributed by atoms with van der Waals surface area (Å²) in [4.78, 5) is 19.6. The van der Waals surface area contributed by atoms with E-state index >= 15 is 0 Å². The Labute approximate surface area is 193 Å². The average molecular weight is 480 g/mol. The Kier molecular flexibility index (Phi) is 6.20. The molecule has 32 heavy (non-hydrogen) atoms. The highest BCUT2D eigenvalue weighted by Crippen LogP contribution is 2.52. The maximum Gasteiger partial charge on any atom is 0.255 e. The molecule has 3 aliphatic carbocycles. The molecule has 1 saturated carbocycles. The van der Waals surface area contributed by atoms with E-state index in [-0.39, 0.29) is 48.7 Å². The van der Waals surface area contributed by atoms with Gasteiger partial charge in [0.15, 0.2) is 9.84 Å². The Morgan fingerprint density at radius 2 is 1.72 bits per heavy atom. The molecule has 0 spiro atoms. The Morgan fingerprint density at radius 1 is 1.09 bits per heavy atom. The van der Waals surface area contributed by atoms with Crippen LogP contribution >= 0.6 is 12.4 Å². The lowest BCUT2D eigenvalue weighted by molar-refractivity contribution is 0.0767. The van der Waals surface area contributed by atoms with Gasteiger partial charge in [0.1, 0.15) is 11.6 Å². The molecule has 9 heteroatoms. The highest BCUT2D eigenvalue weighted by molar-refractivity contribution is 7.91. The molecule has 2 heterocycles. The molecule has 1 N–H and O–H groups in total. The quantitative estimate of drug-likeness (QED) is 0.709. The number of hydrogen-bond donors (Lipinski definition) is 1. The molecule has 1 saturated heterocycles. The van der Waals surface area contributed by atoms with Crippen LogP contribution in [0.5, 0.6) is 0 Å². The molecule has 6 nitrogen and oxygen atoms in total. The van der Waals surface area contributed by atoms with Crippen molar-refractivity contribution >= 4 is 39.7 Å². The SMILES string of the molecule is Cc1cc(Nc2ncc(C(=O)N3CCS(=O)(=O)CC3)c3c2C2CCC3CC2)ccc1F.Cl. The molecule has 2 bridgehead atoms. The minimum Gasteiger partial charge on any atom is -0.340 e. The molecule has 2 fully saturated rings. The van der Waals surface area contributed by atoms with Gasteiger partial charge >= 0.3 is 0 Å². The highest BCUT2D eigenvalue weighted by atomic mass is 35.5. The van der Waals surface area contributed by atoms with Crippen LogP contribution in [0.4, 0.5) is 15.9 Å². The van der Waals surface area contributed by atoms with Gasteiger partial charge in [-0.05, 0) is 73.8 Å². The number of amides is 1. The number of aromatic nitrogens is 1. The van der Waals surface area contributed by atoms with Crippen LogP contribution in [0, 0.1) is 12.7 Å². The van der Waals surface area contributed by atoms with Crippen molar-refractivity contribution in [1.29, 1.82) is 0 Å². The monoisotopic (exact) mass is 479 g/mol. The zero-order valence-corrected chi connectivity index (χ0v) is 19.6. The Balaban J connectivity index is 0.00000245. The molecular formula is C23H27ClFN3O3S. The summed E-state index contributed by atoms with van der Waals surface area (Å²) in [7, 11) is -3.05. The fourth-order valence-corrected chi connectivity index (χ4v) is 6.48. The van der Waals surface area contributed by atoms with E-state index in [1.54, 1.807) is 30.2 Å². The molecule has 1 aromatic heterocycles. The Bertz CT molecular complexity index is 1150. The van der Waals surface area contributed by atoms with Gasteiger partial charge in [-0.1, -0.05) is 0 Å². The molecule has 0 radical (unpaired) electrons. The maximum atomic E-state index is 13.7. The molecule has 2 aromatic rings. The summed E-state index contributed by atoms with van der Waals surface area (Å²) >= 11 is 0. The van der Waals surface area contributed by atoms with Crippen molar-refractivity contribution in [3.63, 3.8) is 0 Å². The van der Waals surface area contributed by atoms with Crippen LogP contribution in [0.3, 0.4) is 0 Å². The van der Waals surface area contributed by atoms with Gasteiger partial charge in [-0.2, -0.15) is 0 Å². The first kappa shape index (κ1) is 23.0. The van der Waals surface area contributed by atoms with Crippen molar-refractivity contribution < 1.29 is 17.6 Å².